The number of aryl methyl sites for hydroxylation is 1. The van der Waals surface area contributed by atoms with Crippen molar-refractivity contribution >= 4 is 57.6 Å². The molecule has 0 aromatic heterocycles. The molecule has 4 nitrogen and oxygen atoms in total. The van der Waals surface area contributed by atoms with Crippen LogP contribution < -0.4 is 21.5 Å². The van der Waals surface area contributed by atoms with Crippen LogP contribution in [-0.4, -0.2) is 10.2 Å². The highest BCUT2D eigenvalue weighted by Gasteiger charge is 2.03. The third kappa shape index (κ3) is 5.35. The van der Waals surface area contributed by atoms with Crippen molar-refractivity contribution < 1.29 is 0 Å². The molecule has 0 spiro atoms. The molecule has 0 aliphatic carbocycles. The molecule has 0 saturated carbocycles. The summed E-state index contributed by atoms with van der Waals surface area (Å²) in [6.07, 6.45) is 0. The molecule has 0 radical (unpaired) electrons. The lowest BCUT2D eigenvalue weighted by atomic mass is 10.1. The number of hydrogen-bond acceptors (Lipinski definition) is 2. The largest absolute Gasteiger partial charge is 0.331 e. The van der Waals surface area contributed by atoms with Crippen molar-refractivity contribution in [2.24, 2.45) is 0 Å². The van der Waals surface area contributed by atoms with E-state index in [0.29, 0.717) is 15.2 Å². The molecule has 0 heterocycles. The maximum atomic E-state index is 5.84. The van der Waals surface area contributed by atoms with E-state index < -0.39 is 0 Å². The maximum Gasteiger partial charge on any atom is 0.189 e. The summed E-state index contributed by atoms with van der Waals surface area (Å²) in [5.41, 5.74) is 9.83. The number of anilines is 2. The van der Waals surface area contributed by atoms with Crippen LogP contribution in [0.4, 0.5) is 11.4 Å². The van der Waals surface area contributed by atoms with Gasteiger partial charge in [-0.1, -0.05) is 23.7 Å². The van der Waals surface area contributed by atoms with Crippen molar-refractivity contribution in [2.45, 2.75) is 13.8 Å². The monoisotopic (exact) mass is 364 g/mol. The van der Waals surface area contributed by atoms with Gasteiger partial charge in [-0.05, 0) is 79.7 Å². The van der Waals surface area contributed by atoms with Gasteiger partial charge in [0.2, 0.25) is 0 Å². The van der Waals surface area contributed by atoms with E-state index in [0.717, 1.165) is 16.9 Å². The van der Waals surface area contributed by atoms with E-state index in [1.165, 1.54) is 5.56 Å². The van der Waals surface area contributed by atoms with Crippen molar-refractivity contribution in [2.75, 3.05) is 10.6 Å². The summed E-state index contributed by atoms with van der Waals surface area (Å²) in [5, 5.41) is 7.65. The van der Waals surface area contributed by atoms with Gasteiger partial charge < -0.3 is 10.6 Å². The Balaban J connectivity index is 1.83. The van der Waals surface area contributed by atoms with Crippen molar-refractivity contribution in [1.29, 1.82) is 0 Å². The molecule has 120 valence electrons. The number of hydrogen-bond donors (Lipinski definition) is 4. The van der Waals surface area contributed by atoms with Gasteiger partial charge in [0.15, 0.2) is 10.2 Å². The van der Waals surface area contributed by atoms with Gasteiger partial charge in [-0.25, -0.2) is 0 Å². The Kier molecular flexibility index (Phi) is 6.15. The Morgan fingerprint density at radius 3 is 2.13 bits per heavy atom. The first-order valence-electron chi connectivity index (χ1n) is 6.91. The quantitative estimate of drug-likeness (QED) is 0.474. The molecule has 0 aliphatic rings. The number of hydrazine groups is 1. The highest BCUT2D eigenvalue weighted by atomic mass is 35.5. The Labute approximate surface area is 151 Å². The molecular formula is C16H17ClN4S2. The van der Waals surface area contributed by atoms with Crippen molar-refractivity contribution in [3.8, 4) is 0 Å². The van der Waals surface area contributed by atoms with Crippen LogP contribution in [0, 0.1) is 13.8 Å². The summed E-state index contributed by atoms with van der Waals surface area (Å²) in [4.78, 5) is 0. The van der Waals surface area contributed by atoms with Crippen LogP contribution in [0.5, 0.6) is 0 Å². The zero-order valence-electron chi connectivity index (χ0n) is 12.7. The lowest BCUT2D eigenvalue weighted by Gasteiger charge is -2.16. The van der Waals surface area contributed by atoms with Gasteiger partial charge in [-0.3, -0.25) is 10.9 Å². The normalized spacial score (nSPS) is 9.87. The van der Waals surface area contributed by atoms with Gasteiger partial charge >= 0.3 is 0 Å². The van der Waals surface area contributed by atoms with E-state index in [9.17, 15) is 0 Å². The van der Waals surface area contributed by atoms with Crippen molar-refractivity contribution in [1.82, 2.24) is 10.9 Å². The van der Waals surface area contributed by atoms with Crippen LogP contribution in [0.25, 0.3) is 0 Å². The fourth-order valence-electron chi connectivity index (χ4n) is 1.85. The Bertz CT molecular complexity index is 717. The molecule has 7 heteroatoms. The molecule has 0 atom stereocenters. The topological polar surface area (TPSA) is 48.1 Å². The van der Waals surface area contributed by atoms with E-state index in [1.807, 2.05) is 31.2 Å². The van der Waals surface area contributed by atoms with E-state index >= 15 is 0 Å². The fourth-order valence-corrected chi connectivity index (χ4v) is 2.31. The van der Waals surface area contributed by atoms with Crippen LogP contribution in [0.1, 0.15) is 11.1 Å². The van der Waals surface area contributed by atoms with Crippen molar-refractivity contribution in [3.63, 3.8) is 0 Å². The number of nitrogens with one attached hydrogen (secondary N) is 4. The molecule has 0 unspecified atom stereocenters. The molecule has 23 heavy (non-hydrogen) atoms. The molecule has 0 bridgehead atoms. The third-order valence-corrected chi connectivity index (χ3v) is 3.90. The highest BCUT2D eigenvalue weighted by Crippen LogP contribution is 2.17. The van der Waals surface area contributed by atoms with Crippen LogP contribution in [-0.2, 0) is 0 Å². The SMILES string of the molecule is Cc1cccc(NC(=S)NNC(=S)Nc2ccc(Cl)cc2)c1C. The summed E-state index contributed by atoms with van der Waals surface area (Å²) in [6, 6.07) is 13.2. The molecule has 2 aromatic carbocycles. The number of halogens is 1. The van der Waals surface area contributed by atoms with Gasteiger partial charge in [0.1, 0.15) is 0 Å². The lowest BCUT2D eigenvalue weighted by molar-refractivity contribution is 0.885. The van der Waals surface area contributed by atoms with Crippen LogP contribution in [0.3, 0.4) is 0 Å². The van der Waals surface area contributed by atoms with Gasteiger partial charge in [0.05, 0.1) is 0 Å². The minimum atomic E-state index is 0.400. The van der Waals surface area contributed by atoms with Gasteiger partial charge in [0.25, 0.3) is 0 Å². The highest BCUT2D eigenvalue weighted by molar-refractivity contribution is 7.81. The molecule has 2 rings (SSSR count). The van der Waals surface area contributed by atoms with Crippen LogP contribution in [0.2, 0.25) is 5.02 Å². The van der Waals surface area contributed by atoms with E-state index in [1.54, 1.807) is 12.1 Å². The smallest absolute Gasteiger partial charge is 0.189 e. The minimum absolute atomic E-state index is 0.400. The Morgan fingerprint density at radius 2 is 1.48 bits per heavy atom. The summed E-state index contributed by atoms with van der Waals surface area (Å²) in [5.74, 6) is 0. The second-order valence-electron chi connectivity index (χ2n) is 4.91. The van der Waals surface area contributed by atoms with Gasteiger partial charge in [-0.15, -0.1) is 0 Å². The average molecular weight is 365 g/mol. The minimum Gasteiger partial charge on any atom is -0.331 e. The first kappa shape index (κ1) is 17.5. The summed E-state index contributed by atoms with van der Waals surface area (Å²) in [7, 11) is 0. The first-order valence-corrected chi connectivity index (χ1v) is 8.11. The Morgan fingerprint density at radius 1 is 0.870 bits per heavy atom. The molecule has 0 saturated heterocycles. The molecule has 2 aromatic rings. The van der Waals surface area contributed by atoms with Gasteiger partial charge in [0, 0.05) is 16.4 Å². The van der Waals surface area contributed by atoms with E-state index in [2.05, 4.69) is 34.5 Å². The van der Waals surface area contributed by atoms with E-state index in [4.69, 9.17) is 36.0 Å². The molecule has 0 aliphatic heterocycles. The lowest BCUT2D eigenvalue weighted by Crippen LogP contribution is -2.45. The van der Waals surface area contributed by atoms with Crippen LogP contribution in [0.15, 0.2) is 42.5 Å². The van der Waals surface area contributed by atoms with Gasteiger partial charge in [-0.2, -0.15) is 0 Å². The zero-order chi connectivity index (χ0) is 16.8. The second kappa shape index (κ2) is 8.10. The Hall–Kier alpha value is -1.89. The first-order chi connectivity index (χ1) is 11.0. The molecule has 0 fully saturated rings. The number of thiocarbonyl (C=S) groups is 2. The fraction of sp³-hybridized carbons (Fsp3) is 0.125. The van der Waals surface area contributed by atoms with Crippen LogP contribution >= 0.6 is 36.0 Å². The summed E-state index contributed by atoms with van der Waals surface area (Å²) < 4.78 is 0. The molecule has 0 amide bonds. The number of rotatable bonds is 2. The number of benzene rings is 2. The summed E-state index contributed by atoms with van der Waals surface area (Å²) in [6.45, 7) is 4.10. The zero-order valence-corrected chi connectivity index (χ0v) is 15.1. The van der Waals surface area contributed by atoms with E-state index in [-0.39, 0.29) is 0 Å². The average Bonchev–Trinajstić information content (AvgIpc) is 2.52. The second-order valence-corrected chi connectivity index (χ2v) is 6.17. The standard InChI is InChI=1S/C16H17ClN4S2/c1-10-4-3-5-14(11(10)2)19-16(23)21-20-15(22)18-13-8-6-12(17)7-9-13/h3-9H,1-2H3,(H2,18,20,22)(H2,19,21,23). The van der Waals surface area contributed by atoms with Crippen molar-refractivity contribution in [3.05, 3.63) is 58.6 Å². The maximum absolute atomic E-state index is 5.84. The summed E-state index contributed by atoms with van der Waals surface area (Å²) >= 11 is 16.3. The predicted octanol–water partition coefficient (Wildman–Crippen LogP) is 4.14. The molecule has 4 N–H and O–H groups in total. The predicted molar refractivity (Wildman–Crippen MR) is 106 cm³/mol. The molecular weight excluding hydrogens is 348 g/mol. The third-order valence-electron chi connectivity index (χ3n) is 3.24.